The van der Waals surface area contributed by atoms with E-state index in [0.29, 0.717) is 29.5 Å². The van der Waals surface area contributed by atoms with Gasteiger partial charge in [-0.15, -0.1) is 10.2 Å². The van der Waals surface area contributed by atoms with Gasteiger partial charge in [0.15, 0.2) is 5.82 Å². The molecule has 1 aliphatic heterocycles. The van der Waals surface area contributed by atoms with E-state index < -0.39 is 0 Å². The highest BCUT2D eigenvalue weighted by atomic mass is 35.5. The van der Waals surface area contributed by atoms with Crippen LogP contribution in [0.5, 0.6) is 0 Å². The number of aromatic nitrogens is 3. The predicted molar refractivity (Wildman–Crippen MR) is 121 cm³/mol. The van der Waals surface area contributed by atoms with Crippen LogP contribution < -0.4 is 10.5 Å². The van der Waals surface area contributed by atoms with Crippen molar-refractivity contribution in [3.05, 3.63) is 75.2 Å². The average Bonchev–Trinajstić information content (AvgIpc) is 2.80. The van der Waals surface area contributed by atoms with E-state index in [1.54, 1.807) is 6.07 Å². The number of anilines is 1. The Morgan fingerprint density at radius 2 is 1.81 bits per heavy atom. The molecule has 8 heteroatoms. The predicted octanol–water partition coefficient (Wildman–Crippen LogP) is 3.08. The van der Waals surface area contributed by atoms with Crippen molar-refractivity contribution in [2.45, 2.75) is 19.8 Å². The lowest BCUT2D eigenvalue weighted by Crippen LogP contribution is -2.48. The van der Waals surface area contributed by atoms with Crippen LogP contribution in [0.25, 0.3) is 11.4 Å². The third kappa shape index (κ3) is 4.94. The number of carbonyl (C=O) groups excluding carboxylic acids is 1. The molecule has 1 amide bonds. The Morgan fingerprint density at radius 1 is 1.06 bits per heavy atom. The number of halogens is 1. The molecule has 0 spiro atoms. The van der Waals surface area contributed by atoms with Crippen LogP contribution in [-0.2, 0) is 11.2 Å². The fraction of sp³-hybridized carbons (Fsp3) is 0.304. The zero-order valence-electron chi connectivity index (χ0n) is 17.3. The number of aryl methyl sites for hydroxylation is 2. The summed E-state index contributed by atoms with van der Waals surface area (Å²) in [6, 6.07) is 15.6. The number of nitrogens with one attached hydrogen (secondary N) is 1. The molecule has 1 saturated heterocycles. The SMILES string of the molecule is Cc1ccc(-c2nnc(CCC(=O)N3CCN(c4ccccc4)CC3)c(=O)[nH]2)cc1Cl. The Morgan fingerprint density at radius 3 is 2.48 bits per heavy atom. The molecular weight excluding hydrogens is 414 g/mol. The fourth-order valence-electron chi connectivity index (χ4n) is 3.63. The van der Waals surface area contributed by atoms with Crippen LogP contribution in [0, 0.1) is 6.92 Å². The molecule has 1 fully saturated rings. The molecule has 0 radical (unpaired) electrons. The second-order valence-electron chi connectivity index (χ2n) is 7.62. The second kappa shape index (κ2) is 9.31. The molecule has 4 rings (SSSR count). The van der Waals surface area contributed by atoms with E-state index in [1.165, 1.54) is 5.69 Å². The number of piperazine rings is 1. The smallest absolute Gasteiger partial charge is 0.273 e. The maximum Gasteiger partial charge on any atom is 0.273 e. The summed E-state index contributed by atoms with van der Waals surface area (Å²) in [5.41, 5.74) is 2.74. The topological polar surface area (TPSA) is 82.2 Å². The first-order valence-electron chi connectivity index (χ1n) is 10.3. The first kappa shape index (κ1) is 21.1. The Kier molecular flexibility index (Phi) is 6.32. The van der Waals surface area contributed by atoms with Crippen molar-refractivity contribution < 1.29 is 4.79 Å². The third-order valence-electron chi connectivity index (χ3n) is 5.54. The van der Waals surface area contributed by atoms with Gasteiger partial charge < -0.3 is 14.8 Å². The van der Waals surface area contributed by atoms with Crippen molar-refractivity contribution in [3.8, 4) is 11.4 Å². The molecule has 2 heterocycles. The molecule has 0 saturated carbocycles. The van der Waals surface area contributed by atoms with Crippen LogP contribution in [0.15, 0.2) is 53.3 Å². The van der Waals surface area contributed by atoms with Crippen molar-refractivity contribution in [3.63, 3.8) is 0 Å². The highest BCUT2D eigenvalue weighted by Crippen LogP contribution is 2.22. The number of benzene rings is 2. The van der Waals surface area contributed by atoms with Crippen molar-refractivity contribution in [1.82, 2.24) is 20.1 Å². The summed E-state index contributed by atoms with van der Waals surface area (Å²) in [6.45, 7) is 4.84. The quantitative estimate of drug-likeness (QED) is 0.663. The number of H-pyrrole nitrogens is 1. The van der Waals surface area contributed by atoms with E-state index in [4.69, 9.17) is 11.6 Å². The molecule has 0 bridgehead atoms. The Hall–Kier alpha value is -3.19. The van der Waals surface area contributed by atoms with Gasteiger partial charge in [0.2, 0.25) is 5.91 Å². The standard InChI is InChI=1S/C23H24ClN5O2/c1-16-7-8-17(15-19(16)24)22-25-23(31)20(26-27-22)9-10-21(30)29-13-11-28(12-14-29)18-5-3-2-4-6-18/h2-8,15H,9-14H2,1H3,(H,25,27,31). The lowest BCUT2D eigenvalue weighted by molar-refractivity contribution is -0.131. The first-order chi connectivity index (χ1) is 15.0. The minimum absolute atomic E-state index is 0.0308. The van der Waals surface area contributed by atoms with Gasteiger partial charge in [-0.3, -0.25) is 9.59 Å². The summed E-state index contributed by atoms with van der Waals surface area (Å²) in [5, 5.41) is 8.78. The van der Waals surface area contributed by atoms with Gasteiger partial charge in [-0.25, -0.2) is 0 Å². The van der Waals surface area contributed by atoms with E-state index in [2.05, 4.69) is 32.2 Å². The molecule has 0 aliphatic carbocycles. The van der Waals surface area contributed by atoms with Crippen molar-refractivity contribution in [2.75, 3.05) is 31.1 Å². The van der Waals surface area contributed by atoms with Crippen molar-refractivity contribution in [1.29, 1.82) is 0 Å². The minimum Gasteiger partial charge on any atom is -0.368 e. The Balaban J connectivity index is 1.33. The average molecular weight is 438 g/mol. The molecule has 31 heavy (non-hydrogen) atoms. The van der Waals surface area contributed by atoms with Crippen LogP contribution >= 0.6 is 11.6 Å². The summed E-state index contributed by atoms with van der Waals surface area (Å²) in [4.78, 5) is 31.9. The third-order valence-corrected chi connectivity index (χ3v) is 5.95. The van der Waals surface area contributed by atoms with Gasteiger partial charge in [-0.05, 0) is 30.7 Å². The molecule has 7 nitrogen and oxygen atoms in total. The normalized spacial score (nSPS) is 14.0. The first-order valence-corrected chi connectivity index (χ1v) is 10.7. The maximum absolute atomic E-state index is 12.6. The summed E-state index contributed by atoms with van der Waals surface area (Å²) in [5.74, 6) is 0.391. The molecule has 0 atom stereocenters. The van der Waals surface area contributed by atoms with Gasteiger partial charge in [0, 0.05) is 55.3 Å². The number of hydrogen-bond donors (Lipinski definition) is 1. The van der Waals surface area contributed by atoms with Crippen LogP contribution in [0.2, 0.25) is 5.02 Å². The van der Waals surface area contributed by atoms with Gasteiger partial charge in [-0.1, -0.05) is 41.9 Å². The zero-order valence-corrected chi connectivity index (χ0v) is 18.1. The second-order valence-corrected chi connectivity index (χ2v) is 8.02. The van der Waals surface area contributed by atoms with Gasteiger partial charge in [0.25, 0.3) is 5.56 Å². The summed E-state index contributed by atoms with van der Waals surface area (Å²) < 4.78 is 0. The largest absolute Gasteiger partial charge is 0.368 e. The van der Waals surface area contributed by atoms with E-state index >= 15 is 0 Å². The van der Waals surface area contributed by atoms with Crippen LogP contribution in [0.4, 0.5) is 5.69 Å². The number of carbonyl (C=O) groups is 1. The molecule has 160 valence electrons. The van der Waals surface area contributed by atoms with Gasteiger partial charge in [0.05, 0.1) is 0 Å². The zero-order chi connectivity index (χ0) is 21.8. The number of hydrogen-bond acceptors (Lipinski definition) is 5. The molecular formula is C23H24ClN5O2. The Labute approximate surface area is 185 Å². The lowest BCUT2D eigenvalue weighted by atomic mass is 10.1. The molecule has 1 N–H and O–H groups in total. The van der Waals surface area contributed by atoms with Gasteiger partial charge in [0.1, 0.15) is 5.69 Å². The highest BCUT2D eigenvalue weighted by molar-refractivity contribution is 6.31. The van der Waals surface area contributed by atoms with Crippen molar-refractivity contribution in [2.24, 2.45) is 0 Å². The molecule has 3 aromatic rings. The number of rotatable bonds is 5. The van der Waals surface area contributed by atoms with Gasteiger partial charge in [-0.2, -0.15) is 0 Å². The number of amides is 1. The van der Waals surface area contributed by atoms with E-state index in [9.17, 15) is 9.59 Å². The monoisotopic (exact) mass is 437 g/mol. The number of aromatic amines is 1. The van der Waals surface area contributed by atoms with E-state index in [1.807, 2.05) is 42.2 Å². The molecule has 1 aromatic heterocycles. The van der Waals surface area contributed by atoms with Crippen LogP contribution in [-0.4, -0.2) is 52.2 Å². The maximum atomic E-state index is 12.6. The molecule has 2 aromatic carbocycles. The summed E-state index contributed by atoms with van der Waals surface area (Å²) >= 11 is 6.15. The minimum atomic E-state index is -0.330. The molecule has 1 aliphatic rings. The number of para-hydroxylation sites is 1. The highest BCUT2D eigenvalue weighted by Gasteiger charge is 2.21. The van der Waals surface area contributed by atoms with E-state index in [0.717, 1.165) is 18.7 Å². The lowest BCUT2D eigenvalue weighted by Gasteiger charge is -2.36. The van der Waals surface area contributed by atoms with E-state index in [-0.39, 0.29) is 30.0 Å². The van der Waals surface area contributed by atoms with Crippen molar-refractivity contribution >= 4 is 23.2 Å². The fourth-order valence-corrected chi connectivity index (χ4v) is 3.81. The van der Waals surface area contributed by atoms with Crippen LogP contribution in [0.1, 0.15) is 17.7 Å². The van der Waals surface area contributed by atoms with Gasteiger partial charge >= 0.3 is 0 Å². The summed E-state index contributed by atoms with van der Waals surface area (Å²) in [7, 11) is 0. The summed E-state index contributed by atoms with van der Waals surface area (Å²) in [6.07, 6.45) is 0.494. The number of nitrogens with zero attached hydrogens (tertiary/aromatic N) is 4. The molecule has 0 unspecified atom stereocenters. The van der Waals surface area contributed by atoms with Crippen LogP contribution in [0.3, 0.4) is 0 Å². The Bertz CT molecular complexity index is 1120.